The second-order valence-corrected chi connectivity index (χ2v) is 5.58. The van der Waals surface area contributed by atoms with Gasteiger partial charge in [-0.05, 0) is 30.5 Å². The fourth-order valence-electron chi connectivity index (χ4n) is 3.21. The second kappa shape index (κ2) is 5.66. The highest BCUT2D eigenvalue weighted by Crippen LogP contribution is 2.39. The smallest absolute Gasteiger partial charge is 0.387 e. The molecule has 0 amide bonds. The molecule has 3 rings (SSSR count). The minimum absolute atomic E-state index is 0.0670. The molecule has 1 aliphatic heterocycles. The Hall–Kier alpha value is -1.20. The maximum absolute atomic E-state index is 12.3. The summed E-state index contributed by atoms with van der Waals surface area (Å²) in [5.74, 6) is 0.187. The lowest BCUT2D eigenvalue weighted by Gasteiger charge is -2.39. The molecule has 1 unspecified atom stereocenters. The van der Waals surface area contributed by atoms with Crippen molar-refractivity contribution in [1.82, 2.24) is 5.32 Å². The summed E-state index contributed by atoms with van der Waals surface area (Å²) in [6, 6.07) is 6.81. The van der Waals surface area contributed by atoms with Crippen LogP contribution in [0.5, 0.6) is 5.75 Å². The number of hydrogen-bond donors (Lipinski definition) is 1. The van der Waals surface area contributed by atoms with Gasteiger partial charge >= 0.3 is 6.61 Å². The molecule has 2 aliphatic rings. The van der Waals surface area contributed by atoms with Crippen molar-refractivity contribution in [2.75, 3.05) is 13.1 Å². The fraction of sp³-hybridized carbons (Fsp3) is 0.600. The van der Waals surface area contributed by atoms with Gasteiger partial charge in [-0.1, -0.05) is 25.0 Å². The van der Waals surface area contributed by atoms with E-state index in [1.54, 1.807) is 12.1 Å². The Labute approximate surface area is 117 Å². The van der Waals surface area contributed by atoms with Gasteiger partial charge in [0.05, 0.1) is 11.7 Å². The third kappa shape index (κ3) is 2.94. The lowest BCUT2D eigenvalue weighted by molar-refractivity contribution is -0.114. The number of morpholine rings is 1. The molecule has 1 aromatic carbocycles. The van der Waals surface area contributed by atoms with E-state index in [1.807, 2.05) is 6.07 Å². The molecular formula is C15H19F2NO2. The maximum atomic E-state index is 12.3. The van der Waals surface area contributed by atoms with Crippen molar-refractivity contribution in [2.24, 2.45) is 0 Å². The van der Waals surface area contributed by atoms with Crippen molar-refractivity contribution in [3.8, 4) is 5.75 Å². The van der Waals surface area contributed by atoms with E-state index in [2.05, 4.69) is 10.1 Å². The summed E-state index contributed by atoms with van der Waals surface area (Å²) in [6.45, 7) is -1.20. The van der Waals surface area contributed by atoms with Crippen LogP contribution in [0.2, 0.25) is 0 Å². The minimum atomic E-state index is -2.79. The standard InChI is InChI=1S/C15H19F2NO2/c16-14(17)19-12-5-3-4-11(8-12)13-9-18-10-15(20-13)6-1-2-7-15/h3-5,8,13-14,18H,1-2,6-7,9-10H2. The monoisotopic (exact) mass is 283 g/mol. The van der Waals surface area contributed by atoms with Gasteiger partial charge in [0.25, 0.3) is 0 Å². The zero-order valence-electron chi connectivity index (χ0n) is 11.3. The summed E-state index contributed by atoms with van der Waals surface area (Å²) in [5.41, 5.74) is 0.823. The lowest BCUT2D eigenvalue weighted by atomic mass is 9.97. The van der Waals surface area contributed by atoms with Crippen molar-refractivity contribution in [2.45, 2.75) is 44.0 Å². The Bertz CT molecular complexity index is 461. The molecular weight excluding hydrogens is 264 g/mol. The van der Waals surface area contributed by atoms with Crippen molar-refractivity contribution in [1.29, 1.82) is 0 Å². The van der Waals surface area contributed by atoms with Gasteiger partial charge in [0, 0.05) is 13.1 Å². The third-order valence-corrected chi connectivity index (χ3v) is 4.14. The summed E-state index contributed by atoms with van der Waals surface area (Å²) >= 11 is 0. The van der Waals surface area contributed by atoms with Gasteiger partial charge in [-0.15, -0.1) is 0 Å². The van der Waals surface area contributed by atoms with Crippen LogP contribution in [-0.4, -0.2) is 25.3 Å². The fourth-order valence-corrected chi connectivity index (χ4v) is 3.21. The van der Waals surface area contributed by atoms with Gasteiger partial charge in [-0.25, -0.2) is 0 Å². The van der Waals surface area contributed by atoms with E-state index in [-0.39, 0.29) is 17.5 Å². The van der Waals surface area contributed by atoms with Crippen LogP contribution >= 0.6 is 0 Å². The van der Waals surface area contributed by atoms with Crippen LogP contribution < -0.4 is 10.1 Å². The first-order valence-corrected chi connectivity index (χ1v) is 7.10. The van der Waals surface area contributed by atoms with E-state index < -0.39 is 6.61 Å². The highest BCUT2D eigenvalue weighted by atomic mass is 19.3. The van der Waals surface area contributed by atoms with Crippen molar-refractivity contribution >= 4 is 0 Å². The molecule has 0 radical (unpaired) electrons. The Balaban J connectivity index is 1.74. The molecule has 1 saturated heterocycles. The Morgan fingerprint density at radius 3 is 2.85 bits per heavy atom. The predicted octanol–water partition coefficient (Wildman–Crippen LogP) is 3.26. The Morgan fingerprint density at radius 1 is 1.30 bits per heavy atom. The first kappa shape index (κ1) is 13.8. The quantitative estimate of drug-likeness (QED) is 0.923. The summed E-state index contributed by atoms with van der Waals surface area (Å²) in [4.78, 5) is 0. The normalized spacial score (nSPS) is 25.2. The predicted molar refractivity (Wildman–Crippen MR) is 71.0 cm³/mol. The van der Waals surface area contributed by atoms with Crippen LogP contribution in [0.3, 0.4) is 0 Å². The Morgan fingerprint density at radius 2 is 2.10 bits per heavy atom. The molecule has 1 spiro atoms. The van der Waals surface area contributed by atoms with Crippen LogP contribution in [0.1, 0.15) is 37.4 Å². The molecule has 1 aromatic rings. The van der Waals surface area contributed by atoms with Crippen LogP contribution in [0.25, 0.3) is 0 Å². The van der Waals surface area contributed by atoms with E-state index in [4.69, 9.17) is 4.74 Å². The van der Waals surface area contributed by atoms with Gasteiger partial charge < -0.3 is 14.8 Å². The van der Waals surface area contributed by atoms with E-state index in [0.29, 0.717) is 6.54 Å². The molecule has 1 N–H and O–H groups in total. The zero-order valence-corrected chi connectivity index (χ0v) is 11.3. The zero-order chi connectivity index (χ0) is 14.0. The van der Waals surface area contributed by atoms with E-state index in [9.17, 15) is 8.78 Å². The van der Waals surface area contributed by atoms with Gasteiger partial charge in [0.15, 0.2) is 0 Å². The molecule has 3 nitrogen and oxygen atoms in total. The molecule has 0 aromatic heterocycles. The van der Waals surface area contributed by atoms with Gasteiger partial charge in [-0.2, -0.15) is 8.78 Å². The molecule has 2 fully saturated rings. The highest BCUT2D eigenvalue weighted by molar-refractivity contribution is 5.30. The molecule has 0 bridgehead atoms. The topological polar surface area (TPSA) is 30.5 Å². The van der Waals surface area contributed by atoms with E-state index in [1.165, 1.54) is 18.9 Å². The molecule has 5 heteroatoms. The number of nitrogens with one attached hydrogen (secondary N) is 1. The molecule has 20 heavy (non-hydrogen) atoms. The number of rotatable bonds is 3. The van der Waals surface area contributed by atoms with Crippen LogP contribution in [0.15, 0.2) is 24.3 Å². The number of alkyl halides is 2. The van der Waals surface area contributed by atoms with Crippen molar-refractivity contribution in [3.63, 3.8) is 0 Å². The SMILES string of the molecule is FC(F)Oc1cccc(C2CNCC3(CCCC3)O2)c1. The van der Waals surface area contributed by atoms with Crippen LogP contribution in [0.4, 0.5) is 8.78 Å². The largest absolute Gasteiger partial charge is 0.435 e. The second-order valence-electron chi connectivity index (χ2n) is 5.58. The number of ether oxygens (including phenoxy) is 2. The number of hydrogen-bond acceptors (Lipinski definition) is 3. The maximum Gasteiger partial charge on any atom is 0.387 e. The molecule has 1 aliphatic carbocycles. The third-order valence-electron chi connectivity index (χ3n) is 4.14. The van der Waals surface area contributed by atoms with Crippen LogP contribution in [0, 0.1) is 0 Å². The van der Waals surface area contributed by atoms with E-state index in [0.717, 1.165) is 24.9 Å². The summed E-state index contributed by atoms with van der Waals surface area (Å²) < 4.78 is 35.3. The number of halogens is 2. The lowest BCUT2D eigenvalue weighted by Crippen LogP contribution is -2.49. The van der Waals surface area contributed by atoms with Gasteiger partial charge in [-0.3, -0.25) is 0 Å². The first-order chi connectivity index (χ1) is 9.67. The first-order valence-electron chi connectivity index (χ1n) is 7.10. The van der Waals surface area contributed by atoms with E-state index >= 15 is 0 Å². The summed E-state index contributed by atoms with van der Waals surface area (Å²) in [7, 11) is 0. The summed E-state index contributed by atoms with van der Waals surface area (Å²) in [5, 5.41) is 3.41. The van der Waals surface area contributed by atoms with Crippen LogP contribution in [-0.2, 0) is 4.74 Å². The van der Waals surface area contributed by atoms with Gasteiger partial charge in [0.1, 0.15) is 5.75 Å². The summed E-state index contributed by atoms with van der Waals surface area (Å²) in [6.07, 6.45) is 4.45. The van der Waals surface area contributed by atoms with Crippen molar-refractivity contribution in [3.05, 3.63) is 29.8 Å². The average Bonchev–Trinajstić information content (AvgIpc) is 2.86. The minimum Gasteiger partial charge on any atom is -0.435 e. The Kier molecular flexibility index (Phi) is 3.89. The molecule has 1 atom stereocenters. The number of benzene rings is 1. The molecule has 1 heterocycles. The molecule has 1 saturated carbocycles. The average molecular weight is 283 g/mol. The van der Waals surface area contributed by atoms with Crippen molar-refractivity contribution < 1.29 is 18.3 Å². The molecule has 110 valence electrons. The highest BCUT2D eigenvalue weighted by Gasteiger charge is 2.40. The van der Waals surface area contributed by atoms with Gasteiger partial charge in [0.2, 0.25) is 0 Å².